The molecule has 252 valence electrons. The topological polar surface area (TPSA) is 143 Å². The van der Waals surface area contributed by atoms with Gasteiger partial charge in [-0.3, -0.25) is 9.59 Å². The lowest BCUT2D eigenvalue weighted by Gasteiger charge is -2.30. The van der Waals surface area contributed by atoms with Crippen molar-refractivity contribution in [3.8, 4) is 28.6 Å². The summed E-state index contributed by atoms with van der Waals surface area (Å²) in [5.74, 6) is -1.09. The van der Waals surface area contributed by atoms with Gasteiger partial charge in [0.2, 0.25) is 5.43 Å². The number of hydrogen-bond acceptors (Lipinski definition) is 10. The van der Waals surface area contributed by atoms with E-state index in [-0.39, 0.29) is 45.2 Å². The molecule has 3 N–H and O–H groups in total. The number of carbonyl (C=O) groups excluding carboxylic acids is 1. The lowest BCUT2D eigenvalue weighted by Crippen LogP contribution is -2.43. The standard InChI is InChI=1S/C37H34FN3O8/c38-26-16-24-27(17-28(26)40-12-10-39-11-13-40)41(21-6-7-21)19-25(36(24)45)37(46)49-32-3-1-2-31(32)47-23-8-4-20(5-9-23)33-18-30(44)35-29(43)14-22(42)15-34(35)48-33/h4-5,8-9,14-19,21,31-32,39,42-43H,1-3,6-7,10-13H2. The second kappa shape index (κ2) is 12.3. The number of ether oxygens (including phenoxy) is 2. The van der Waals surface area contributed by atoms with Crippen LogP contribution in [0.3, 0.4) is 0 Å². The minimum absolute atomic E-state index is 0.0226. The number of piperazine rings is 1. The summed E-state index contributed by atoms with van der Waals surface area (Å²) in [6.07, 6.45) is 4.29. The average Bonchev–Trinajstić information content (AvgIpc) is 3.85. The Labute approximate surface area is 279 Å². The van der Waals surface area contributed by atoms with Crippen molar-refractivity contribution >= 4 is 33.5 Å². The first kappa shape index (κ1) is 30.9. The summed E-state index contributed by atoms with van der Waals surface area (Å²) < 4.78 is 35.3. The molecule has 0 bridgehead atoms. The van der Waals surface area contributed by atoms with E-state index in [2.05, 4.69) is 5.32 Å². The maximum Gasteiger partial charge on any atom is 0.344 e. The van der Waals surface area contributed by atoms with E-state index in [9.17, 15) is 24.6 Å². The first-order chi connectivity index (χ1) is 23.7. The van der Waals surface area contributed by atoms with E-state index in [1.807, 2.05) is 9.47 Å². The third kappa shape index (κ3) is 5.86. The van der Waals surface area contributed by atoms with Crippen LogP contribution in [-0.4, -0.2) is 59.1 Å². The lowest BCUT2D eigenvalue weighted by molar-refractivity contribution is 0.00211. The second-order valence-corrected chi connectivity index (χ2v) is 12.9. The maximum absolute atomic E-state index is 15.4. The Kier molecular flexibility index (Phi) is 7.74. The highest BCUT2D eigenvalue weighted by molar-refractivity contribution is 5.95. The van der Waals surface area contributed by atoms with E-state index in [0.717, 1.165) is 38.4 Å². The molecule has 0 amide bonds. The molecular formula is C37H34FN3O8. The van der Waals surface area contributed by atoms with Gasteiger partial charge in [-0.05, 0) is 68.5 Å². The number of aromatic hydroxyl groups is 2. The first-order valence-electron chi connectivity index (χ1n) is 16.6. The van der Waals surface area contributed by atoms with Gasteiger partial charge in [0.05, 0.1) is 11.2 Å². The smallest absolute Gasteiger partial charge is 0.344 e. The lowest BCUT2D eigenvalue weighted by atomic mass is 10.1. The van der Waals surface area contributed by atoms with Crippen molar-refractivity contribution in [1.82, 2.24) is 9.88 Å². The van der Waals surface area contributed by atoms with Crippen molar-refractivity contribution in [3.05, 3.63) is 92.6 Å². The molecule has 3 heterocycles. The van der Waals surface area contributed by atoms with E-state index in [1.165, 1.54) is 18.2 Å². The summed E-state index contributed by atoms with van der Waals surface area (Å²) in [7, 11) is 0. The molecule has 2 aromatic heterocycles. The molecule has 3 fully saturated rings. The van der Waals surface area contributed by atoms with Gasteiger partial charge in [0.1, 0.15) is 57.6 Å². The van der Waals surface area contributed by atoms with Gasteiger partial charge in [0, 0.05) is 67.6 Å². The zero-order valence-electron chi connectivity index (χ0n) is 26.5. The van der Waals surface area contributed by atoms with Crippen LogP contribution in [0.25, 0.3) is 33.2 Å². The molecule has 2 aliphatic carbocycles. The molecule has 2 atom stereocenters. The number of nitrogens with one attached hydrogen (secondary N) is 1. The number of fused-ring (bicyclic) bond motifs is 2. The Morgan fingerprint density at radius 2 is 1.69 bits per heavy atom. The molecule has 12 heteroatoms. The third-order valence-electron chi connectivity index (χ3n) is 9.59. The fourth-order valence-electron chi connectivity index (χ4n) is 6.94. The number of benzene rings is 3. The number of aromatic nitrogens is 1. The highest BCUT2D eigenvalue weighted by Crippen LogP contribution is 2.39. The van der Waals surface area contributed by atoms with Gasteiger partial charge in [-0.15, -0.1) is 0 Å². The van der Waals surface area contributed by atoms with Crippen molar-refractivity contribution in [2.45, 2.75) is 50.4 Å². The largest absolute Gasteiger partial charge is 0.508 e. The highest BCUT2D eigenvalue weighted by atomic mass is 19.1. The van der Waals surface area contributed by atoms with Gasteiger partial charge >= 0.3 is 5.97 Å². The van der Waals surface area contributed by atoms with Crippen molar-refractivity contribution in [2.24, 2.45) is 0 Å². The fourth-order valence-corrected chi connectivity index (χ4v) is 6.94. The van der Waals surface area contributed by atoms with Crippen LogP contribution >= 0.6 is 0 Å². The molecule has 8 rings (SSSR count). The van der Waals surface area contributed by atoms with Crippen molar-refractivity contribution in [1.29, 1.82) is 0 Å². The Balaban J connectivity index is 1.01. The molecule has 2 unspecified atom stereocenters. The average molecular weight is 668 g/mol. The number of rotatable bonds is 7. The molecular weight excluding hydrogens is 633 g/mol. The molecule has 0 radical (unpaired) electrons. The van der Waals surface area contributed by atoms with E-state index in [1.54, 1.807) is 36.5 Å². The quantitative estimate of drug-likeness (QED) is 0.198. The SMILES string of the molecule is O=C(OC1CCCC1Oc1ccc(-c2cc(=O)c3c(O)cc(O)cc3o2)cc1)c1cn(C2CC2)c2cc(N3CCNCC3)c(F)cc2c1=O. The number of pyridine rings is 1. The molecule has 3 aliphatic rings. The summed E-state index contributed by atoms with van der Waals surface area (Å²) in [5.41, 5.74) is 0.565. The molecule has 3 aromatic carbocycles. The highest BCUT2D eigenvalue weighted by Gasteiger charge is 2.35. The number of carbonyl (C=O) groups is 1. The van der Waals surface area contributed by atoms with Gasteiger partial charge in [-0.25, -0.2) is 9.18 Å². The monoisotopic (exact) mass is 667 g/mol. The second-order valence-electron chi connectivity index (χ2n) is 12.9. The van der Waals surface area contributed by atoms with Gasteiger partial charge in [-0.2, -0.15) is 0 Å². The molecule has 2 saturated carbocycles. The van der Waals surface area contributed by atoms with E-state index >= 15 is 4.39 Å². The van der Waals surface area contributed by atoms with E-state index < -0.39 is 34.9 Å². The Morgan fingerprint density at radius 1 is 0.939 bits per heavy atom. The summed E-state index contributed by atoms with van der Waals surface area (Å²) in [4.78, 5) is 41.8. The molecule has 5 aromatic rings. The zero-order valence-corrected chi connectivity index (χ0v) is 26.5. The predicted molar refractivity (Wildman–Crippen MR) is 180 cm³/mol. The summed E-state index contributed by atoms with van der Waals surface area (Å²) in [5, 5.41) is 23.3. The number of nitrogens with zero attached hydrogens (tertiary/aromatic N) is 2. The number of phenols is 2. The van der Waals surface area contributed by atoms with Crippen LogP contribution in [0.2, 0.25) is 0 Å². The van der Waals surface area contributed by atoms with Gasteiger partial charge in [-0.1, -0.05) is 0 Å². The summed E-state index contributed by atoms with van der Waals surface area (Å²) in [6, 6.07) is 13.6. The van der Waals surface area contributed by atoms with Crippen LogP contribution in [0.4, 0.5) is 10.1 Å². The predicted octanol–water partition coefficient (Wildman–Crippen LogP) is 5.23. The van der Waals surface area contributed by atoms with Crippen LogP contribution in [-0.2, 0) is 4.74 Å². The maximum atomic E-state index is 15.4. The van der Waals surface area contributed by atoms with Crippen LogP contribution in [0.5, 0.6) is 17.2 Å². The van der Waals surface area contributed by atoms with Gasteiger partial charge in [0.25, 0.3) is 0 Å². The Hall–Kier alpha value is -5.36. The summed E-state index contributed by atoms with van der Waals surface area (Å²) >= 11 is 0. The van der Waals surface area contributed by atoms with Crippen molar-refractivity contribution in [2.75, 3.05) is 31.1 Å². The first-order valence-corrected chi connectivity index (χ1v) is 16.6. The normalized spacial score (nSPS) is 19.4. The van der Waals surface area contributed by atoms with Crippen molar-refractivity contribution < 1.29 is 33.3 Å². The van der Waals surface area contributed by atoms with Crippen LogP contribution in [0.15, 0.2) is 74.8 Å². The van der Waals surface area contributed by atoms with Crippen LogP contribution in [0.1, 0.15) is 48.5 Å². The Morgan fingerprint density at radius 3 is 2.45 bits per heavy atom. The van der Waals surface area contributed by atoms with Gasteiger partial charge in [0.15, 0.2) is 5.43 Å². The van der Waals surface area contributed by atoms with E-state index in [4.69, 9.17) is 13.9 Å². The molecule has 49 heavy (non-hydrogen) atoms. The molecule has 0 spiro atoms. The summed E-state index contributed by atoms with van der Waals surface area (Å²) in [6.45, 7) is 2.82. The molecule has 1 saturated heterocycles. The number of phenolic OH excluding ortho intramolecular Hbond substituents is 2. The minimum atomic E-state index is -0.757. The number of hydrogen-bond donors (Lipinski definition) is 3. The number of esters is 1. The molecule has 11 nitrogen and oxygen atoms in total. The fraction of sp³-hybridized carbons (Fsp3) is 0.324. The number of anilines is 1. The van der Waals surface area contributed by atoms with Crippen molar-refractivity contribution in [3.63, 3.8) is 0 Å². The Bertz CT molecular complexity index is 2220. The zero-order chi connectivity index (χ0) is 33.8. The number of halogens is 1. The van der Waals surface area contributed by atoms with Crippen LogP contribution < -0.4 is 25.8 Å². The van der Waals surface area contributed by atoms with E-state index in [0.29, 0.717) is 48.4 Å². The van der Waals surface area contributed by atoms with Gasteiger partial charge < -0.3 is 38.9 Å². The minimum Gasteiger partial charge on any atom is -0.508 e. The third-order valence-corrected chi connectivity index (χ3v) is 9.59. The van der Waals surface area contributed by atoms with Crippen LogP contribution in [0, 0.1) is 5.82 Å². The molecule has 1 aliphatic heterocycles.